The molecule has 0 spiro atoms. The van der Waals surface area contributed by atoms with E-state index >= 15 is 0 Å². The predicted molar refractivity (Wildman–Crippen MR) is 48.5 cm³/mol. The number of carbonyl (C=O) groups is 1. The Bertz CT molecular complexity index is 273. The van der Waals surface area contributed by atoms with Crippen LogP contribution in [0.4, 0.5) is 0 Å². The summed E-state index contributed by atoms with van der Waals surface area (Å²) in [4.78, 5) is 11.1. The van der Waals surface area contributed by atoms with Crippen LogP contribution in [-0.4, -0.2) is 34.0 Å². The molecule has 2 aliphatic rings. The van der Waals surface area contributed by atoms with Gasteiger partial charge in [-0.1, -0.05) is 13.8 Å². The highest BCUT2D eigenvalue weighted by atomic mass is 16.6. The first-order valence-electron chi connectivity index (χ1n) is 4.95. The molecule has 4 nitrogen and oxygen atoms in total. The first-order chi connectivity index (χ1) is 6.35. The monoisotopic (exact) mass is 200 g/mol. The number of carbonyl (C=O) groups excluding carboxylic acids is 1. The average Bonchev–Trinajstić information content (AvgIpc) is 2.25. The fourth-order valence-corrected chi connectivity index (χ4v) is 2.65. The molecule has 14 heavy (non-hydrogen) atoms. The summed E-state index contributed by atoms with van der Waals surface area (Å²) >= 11 is 0. The summed E-state index contributed by atoms with van der Waals surface area (Å²) in [5, 5.41) is 20.0. The molecule has 0 aromatic rings. The van der Waals surface area contributed by atoms with Crippen LogP contribution in [0.15, 0.2) is 0 Å². The Morgan fingerprint density at radius 2 is 2.14 bits per heavy atom. The van der Waals surface area contributed by atoms with Crippen LogP contribution in [0.3, 0.4) is 0 Å². The molecule has 0 bridgehead atoms. The Labute approximate surface area is 82.9 Å². The highest BCUT2D eigenvalue weighted by Crippen LogP contribution is 2.50. The van der Waals surface area contributed by atoms with Crippen LogP contribution < -0.4 is 0 Å². The molecular formula is C10H16O4. The molecule has 2 fully saturated rings. The third-order valence-corrected chi connectivity index (χ3v) is 3.62. The molecule has 0 aromatic heterocycles. The third kappa shape index (κ3) is 1.17. The van der Waals surface area contributed by atoms with E-state index in [1.54, 1.807) is 0 Å². The molecule has 2 rings (SSSR count). The number of hydrogen-bond donors (Lipinski definition) is 2. The second-order valence-electron chi connectivity index (χ2n) is 5.06. The zero-order chi connectivity index (χ0) is 10.6. The quantitative estimate of drug-likeness (QED) is 0.549. The zero-order valence-corrected chi connectivity index (χ0v) is 8.49. The van der Waals surface area contributed by atoms with E-state index < -0.39 is 23.2 Å². The van der Waals surface area contributed by atoms with Gasteiger partial charge in [0, 0.05) is 11.8 Å². The number of hydrogen-bond acceptors (Lipinski definition) is 4. The average molecular weight is 200 g/mol. The number of fused-ring (bicyclic) bond motifs is 1. The smallest absolute Gasteiger partial charge is 0.309 e. The lowest BCUT2D eigenvalue weighted by atomic mass is 9.63. The molecule has 0 aromatic carbocycles. The summed E-state index contributed by atoms with van der Waals surface area (Å²) in [5.74, 6) is -0.361. The van der Waals surface area contributed by atoms with Gasteiger partial charge in [-0.25, -0.2) is 0 Å². The minimum Gasteiger partial charge on any atom is -0.459 e. The van der Waals surface area contributed by atoms with E-state index in [2.05, 4.69) is 0 Å². The van der Waals surface area contributed by atoms with Gasteiger partial charge >= 0.3 is 5.97 Å². The lowest BCUT2D eigenvalue weighted by molar-refractivity contribution is -0.169. The van der Waals surface area contributed by atoms with E-state index in [4.69, 9.17) is 4.74 Å². The van der Waals surface area contributed by atoms with E-state index in [9.17, 15) is 15.0 Å². The van der Waals surface area contributed by atoms with Crippen LogP contribution in [0.2, 0.25) is 0 Å². The highest BCUT2D eigenvalue weighted by molar-refractivity contribution is 5.74. The van der Waals surface area contributed by atoms with Crippen molar-refractivity contribution >= 4 is 5.97 Å². The van der Waals surface area contributed by atoms with Gasteiger partial charge in [0.25, 0.3) is 0 Å². The Morgan fingerprint density at radius 3 is 2.79 bits per heavy atom. The summed E-state index contributed by atoms with van der Waals surface area (Å²) in [5.41, 5.74) is -1.56. The van der Waals surface area contributed by atoms with Gasteiger partial charge in [-0.05, 0) is 6.42 Å². The fraction of sp³-hybridized carbons (Fsp3) is 0.900. The Hall–Kier alpha value is -0.610. The van der Waals surface area contributed by atoms with E-state index in [1.807, 2.05) is 13.8 Å². The molecular weight excluding hydrogens is 184 g/mol. The maximum atomic E-state index is 11.1. The second kappa shape index (κ2) is 2.70. The van der Waals surface area contributed by atoms with Crippen molar-refractivity contribution in [2.24, 2.45) is 5.41 Å². The van der Waals surface area contributed by atoms with Gasteiger partial charge < -0.3 is 14.9 Å². The lowest BCUT2D eigenvalue weighted by Crippen LogP contribution is -2.56. The molecule has 1 aliphatic heterocycles. The number of rotatable bonds is 0. The molecule has 1 saturated carbocycles. The number of ether oxygens (including phenoxy) is 1. The van der Waals surface area contributed by atoms with Crippen LogP contribution in [-0.2, 0) is 9.53 Å². The fourth-order valence-electron chi connectivity index (χ4n) is 2.65. The van der Waals surface area contributed by atoms with Crippen LogP contribution in [0.25, 0.3) is 0 Å². The molecule has 0 unspecified atom stereocenters. The number of aliphatic hydroxyl groups excluding tert-OH is 1. The number of aliphatic hydroxyl groups is 2. The van der Waals surface area contributed by atoms with Crippen molar-refractivity contribution in [2.75, 3.05) is 0 Å². The van der Waals surface area contributed by atoms with Crippen LogP contribution in [0, 0.1) is 5.41 Å². The molecule has 3 atom stereocenters. The van der Waals surface area contributed by atoms with E-state index in [1.165, 1.54) is 0 Å². The topological polar surface area (TPSA) is 66.8 Å². The molecule has 80 valence electrons. The molecule has 1 aliphatic carbocycles. The van der Waals surface area contributed by atoms with Crippen molar-refractivity contribution in [3.8, 4) is 0 Å². The van der Waals surface area contributed by atoms with Crippen molar-refractivity contribution in [3.63, 3.8) is 0 Å². The highest BCUT2D eigenvalue weighted by Gasteiger charge is 2.60. The number of esters is 1. The van der Waals surface area contributed by atoms with Crippen molar-refractivity contribution in [2.45, 2.75) is 50.9 Å². The van der Waals surface area contributed by atoms with E-state index in [0.29, 0.717) is 12.8 Å². The SMILES string of the molecule is CC1(C)C[C@H](O)C[C@@H]2OC(=O)C[C@@]21O. The van der Waals surface area contributed by atoms with Gasteiger partial charge in [0.1, 0.15) is 11.7 Å². The lowest BCUT2D eigenvalue weighted by Gasteiger charge is -2.47. The first kappa shape index (κ1) is 9.93. The predicted octanol–water partition coefficient (Wildman–Crippen LogP) is 0.214. The molecule has 1 saturated heterocycles. The largest absolute Gasteiger partial charge is 0.459 e. The maximum Gasteiger partial charge on any atom is 0.309 e. The van der Waals surface area contributed by atoms with Crippen LogP contribution in [0.1, 0.15) is 33.1 Å². The molecule has 0 radical (unpaired) electrons. The van der Waals surface area contributed by atoms with Crippen LogP contribution >= 0.6 is 0 Å². The Morgan fingerprint density at radius 1 is 1.50 bits per heavy atom. The summed E-state index contributed by atoms with van der Waals surface area (Å²) in [6.07, 6.45) is -0.102. The zero-order valence-electron chi connectivity index (χ0n) is 8.49. The summed E-state index contributed by atoms with van der Waals surface area (Å²) in [6.45, 7) is 3.73. The third-order valence-electron chi connectivity index (χ3n) is 3.62. The van der Waals surface area contributed by atoms with Gasteiger partial charge in [-0.2, -0.15) is 0 Å². The van der Waals surface area contributed by atoms with Crippen molar-refractivity contribution < 1.29 is 19.7 Å². The molecule has 1 heterocycles. The molecule has 2 N–H and O–H groups in total. The van der Waals surface area contributed by atoms with E-state index in [0.717, 1.165) is 0 Å². The molecule has 4 heteroatoms. The minimum atomic E-state index is -1.09. The summed E-state index contributed by atoms with van der Waals surface area (Å²) in [7, 11) is 0. The molecule has 0 amide bonds. The van der Waals surface area contributed by atoms with Crippen molar-refractivity contribution in [3.05, 3.63) is 0 Å². The van der Waals surface area contributed by atoms with Gasteiger partial charge in [0.2, 0.25) is 0 Å². The normalized spacial score (nSPS) is 45.9. The maximum absolute atomic E-state index is 11.1. The first-order valence-corrected chi connectivity index (χ1v) is 4.95. The summed E-state index contributed by atoms with van der Waals surface area (Å²) in [6, 6.07) is 0. The standard InChI is InChI=1S/C10H16O4/c1-9(2)4-6(11)3-7-10(9,13)5-8(12)14-7/h6-7,11,13H,3-5H2,1-2H3/t6-,7+,10-/m1/s1. The second-order valence-corrected chi connectivity index (χ2v) is 5.06. The van der Waals surface area contributed by atoms with Gasteiger partial charge in [0.05, 0.1) is 12.5 Å². The van der Waals surface area contributed by atoms with Gasteiger partial charge in [-0.15, -0.1) is 0 Å². The van der Waals surface area contributed by atoms with E-state index in [-0.39, 0.29) is 12.4 Å². The Kier molecular flexibility index (Phi) is 1.92. The van der Waals surface area contributed by atoms with Crippen LogP contribution in [0.5, 0.6) is 0 Å². The minimum absolute atomic E-state index is 0.0530. The van der Waals surface area contributed by atoms with Crippen molar-refractivity contribution in [1.82, 2.24) is 0 Å². The Balaban J connectivity index is 2.33. The van der Waals surface area contributed by atoms with Crippen molar-refractivity contribution in [1.29, 1.82) is 0 Å². The van der Waals surface area contributed by atoms with Gasteiger partial charge in [0.15, 0.2) is 0 Å². The summed E-state index contributed by atoms with van der Waals surface area (Å²) < 4.78 is 5.03. The van der Waals surface area contributed by atoms with Gasteiger partial charge in [-0.3, -0.25) is 4.79 Å².